The summed E-state index contributed by atoms with van der Waals surface area (Å²) in [4.78, 5) is 15.3. The summed E-state index contributed by atoms with van der Waals surface area (Å²) in [5, 5.41) is 0. The number of halogens is 2. The lowest BCUT2D eigenvalue weighted by atomic mass is 9.65. The Balaban J connectivity index is 1.79. The average Bonchev–Trinajstić information content (AvgIpc) is 2.70. The van der Waals surface area contributed by atoms with Crippen LogP contribution in [0.25, 0.3) is 0 Å². The molecule has 4 heteroatoms. The van der Waals surface area contributed by atoms with Crippen LogP contribution in [-0.2, 0) is 4.79 Å². The van der Waals surface area contributed by atoms with Gasteiger partial charge in [-0.1, -0.05) is 57.8 Å². The molecule has 1 amide bonds. The summed E-state index contributed by atoms with van der Waals surface area (Å²) in [5.74, 6) is 0.518. The molecule has 0 aromatic carbocycles. The zero-order valence-corrected chi connectivity index (χ0v) is 15.8. The van der Waals surface area contributed by atoms with Crippen molar-refractivity contribution >= 4 is 29.1 Å². The third kappa shape index (κ3) is 2.71. The summed E-state index contributed by atoms with van der Waals surface area (Å²) < 4.78 is 0.279. The van der Waals surface area contributed by atoms with Gasteiger partial charge in [0, 0.05) is 12.6 Å². The number of hydrogen-bond donors (Lipinski definition) is 0. The largest absolute Gasteiger partial charge is 0.339 e. The fourth-order valence-corrected chi connectivity index (χ4v) is 5.76. The van der Waals surface area contributed by atoms with Crippen molar-refractivity contribution in [3.63, 3.8) is 0 Å². The Morgan fingerprint density at radius 1 is 1.14 bits per heavy atom. The molecule has 0 radical (unpaired) electrons. The van der Waals surface area contributed by atoms with Gasteiger partial charge in [0.1, 0.15) is 4.49 Å². The maximum Gasteiger partial charge on any atom is 0.227 e. The fraction of sp³-hybridized carbons (Fsp3) is 0.833. The van der Waals surface area contributed by atoms with Gasteiger partial charge in [-0.25, -0.2) is 0 Å². The molecule has 0 aromatic heterocycles. The summed E-state index contributed by atoms with van der Waals surface area (Å²) in [7, 11) is 0. The number of amides is 1. The standard InChI is InChI=1S/C18H27Cl2NO/c1-16(2)7-11-8-18(5,9-16)10-21(11)15(22)14-12(6-13(19)20)17(14,3)4/h6,11-12,14H,7-10H2,1-5H3/t11-,12-,14-,18-/m0/s1. The zero-order chi connectivity index (χ0) is 16.5. The third-order valence-corrected chi connectivity index (χ3v) is 6.43. The van der Waals surface area contributed by atoms with Crippen LogP contribution in [0.1, 0.15) is 53.9 Å². The van der Waals surface area contributed by atoms with Crippen molar-refractivity contribution in [1.29, 1.82) is 0 Å². The molecule has 1 aliphatic heterocycles. The lowest BCUT2D eigenvalue weighted by Crippen LogP contribution is -2.39. The Morgan fingerprint density at radius 2 is 1.77 bits per heavy atom. The molecule has 2 aliphatic carbocycles. The Morgan fingerprint density at radius 3 is 2.36 bits per heavy atom. The summed E-state index contributed by atoms with van der Waals surface area (Å²) in [5.41, 5.74) is 0.598. The van der Waals surface area contributed by atoms with Crippen LogP contribution in [0.5, 0.6) is 0 Å². The van der Waals surface area contributed by atoms with Gasteiger partial charge in [0.2, 0.25) is 5.91 Å². The fourth-order valence-electron chi connectivity index (χ4n) is 5.49. The maximum atomic E-state index is 13.1. The number of fused-ring (bicyclic) bond motifs is 2. The van der Waals surface area contributed by atoms with Crippen LogP contribution in [0.15, 0.2) is 10.6 Å². The maximum absolute atomic E-state index is 13.1. The average molecular weight is 344 g/mol. The minimum atomic E-state index is -0.0285. The molecule has 22 heavy (non-hydrogen) atoms. The molecule has 3 aliphatic rings. The number of allylic oxidation sites excluding steroid dienone is 1. The predicted molar refractivity (Wildman–Crippen MR) is 91.8 cm³/mol. The second-order valence-corrected chi connectivity index (χ2v) is 10.5. The second-order valence-electron chi connectivity index (χ2n) is 9.46. The van der Waals surface area contributed by atoms with Crippen molar-refractivity contribution in [2.75, 3.05) is 6.54 Å². The molecule has 2 saturated carbocycles. The summed E-state index contributed by atoms with van der Waals surface area (Å²) in [6.07, 6.45) is 5.34. The predicted octanol–water partition coefficient (Wildman–Crippen LogP) is 5.00. The van der Waals surface area contributed by atoms with Crippen molar-refractivity contribution < 1.29 is 4.79 Å². The van der Waals surface area contributed by atoms with Gasteiger partial charge in [-0.2, -0.15) is 0 Å². The normalized spacial score (nSPS) is 41.2. The number of likely N-dealkylation sites (tertiary alicyclic amines) is 1. The van der Waals surface area contributed by atoms with E-state index in [9.17, 15) is 4.79 Å². The molecule has 3 rings (SSSR count). The number of carbonyl (C=O) groups is 1. The van der Waals surface area contributed by atoms with E-state index in [0.29, 0.717) is 17.4 Å². The molecule has 2 bridgehead atoms. The van der Waals surface area contributed by atoms with Crippen LogP contribution in [0.3, 0.4) is 0 Å². The SMILES string of the molecule is CC1(C)C[C@H]2C[C@](C)(CN2C(=O)[C@@H]2[C@H](C=C(Cl)Cl)C2(C)C)C1. The highest BCUT2D eigenvalue weighted by Gasteiger charge is 2.63. The van der Waals surface area contributed by atoms with Crippen molar-refractivity contribution in [3.05, 3.63) is 10.6 Å². The highest BCUT2D eigenvalue weighted by atomic mass is 35.5. The lowest BCUT2D eigenvalue weighted by Gasteiger charge is -2.39. The first-order valence-corrected chi connectivity index (χ1v) is 9.04. The molecule has 1 saturated heterocycles. The van der Waals surface area contributed by atoms with Gasteiger partial charge in [0.25, 0.3) is 0 Å². The number of rotatable bonds is 2. The topological polar surface area (TPSA) is 20.3 Å². The highest BCUT2D eigenvalue weighted by molar-refractivity contribution is 6.55. The van der Waals surface area contributed by atoms with Gasteiger partial charge in [0.15, 0.2) is 0 Å². The minimum Gasteiger partial charge on any atom is -0.339 e. The van der Waals surface area contributed by atoms with Crippen LogP contribution in [0, 0.1) is 28.1 Å². The molecule has 2 nitrogen and oxygen atoms in total. The van der Waals surface area contributed by atoms with Gasteiger partial charge in [0.05, 0.1) is 5.92 Å². The first kappa shape index (κ1) is 16.6. The molecule has 0 spiro atoms. The van der Waals surface area contributed by atoms with Gasteiger partial charge in [-0.05, 0) is 47.5 Å². The van der Waals surface area contributed by atoms with E-state index in [1.807, 2.05) is 6.08 Å². The Labute approximate surface area is 144 Å². The molecule has 4 atom stereocenters. The summed E-state index contributed by atoms with van der Waals surface area (Å²) >= 11 is 11.6. The summed E-state index contributed by atoms with van der Waals surface area (Å²) in [6, 6.07) is 0.411. The Kier molecular flexibility index (Phi) is 3.70. The van der Waals surface area contributed by atoms with Gasteiger partial charge in [-0.3, -0.25) is 4.79 Å². The highest BCUT2D eigenvalue weighted by Crippen LogP contribution is 2.62. The first-order chi connectivity index (χ1) is 9.95. The molecule has 0 aromatic rings. The lowest BCUT2D eigenvalue weighted by molar-refractivity contribution is -0.134. The van der Waals surface area contributed by atoms with Crippen LogP contribution in [-0.4, -0.2) is 23.4 Å². The van der Waals surface area contributed by atoms with Crippen molar-refractivity contribution in [2.24, 2.45) is 28.1 Å². The second kappa shape index (κ2) is 4.89. The monoisotopic (exact) mass is 343 g/mol. The van der Waals surface area contributed by atoms with Crippen molar-refractivity contribution in [3.8, 4) is 0 Å². The van der Waals surface area contributed by atoms with E-state index in [4.69, 9.17) is 23.2 Å². The smallest absolute Gasteiger partial charge is 0.227 e. The third-order valence-electron chi connectivity index (χ3n) is 6.18. The summed E-state index contributed by atoms with van der Waals surface area (Å²) in [6.45, 7) is 12.2. The molecule has 0 N–H and O–H groups in total. The van der Waals surface area contributed by atoms with Crippen LogP contribution in [0.2, 0.25) is 0 Å². The van der Waals surface area contributed by atoms with E-state index < -0.39 is 0 Å². The van der Waals surface area contributed by atoms with Gasteiger partial charge >= 0.3 is 0 Å². The molecular weight excluding hydrogens is 317 g/mol. The van der Waals surface area contributed by atoms with Crippen LogP contribution < -0.4 is 0 Å². The van der Waals surface area contributed by atoms with Gasteiger partial charge in [-0.15, -0.1) is 0 Å². The van der Waals surface area contributed by atoms with E-state index in [0.717, 1.165) is 19.4 Å². The molecular formula is C18H27Cl2NO. The first-order valence-electron chi connectivity index (χ1n) is 8.29. The quantitative estimate of drug-likeness (QED) is 0.690. The molecule has 3 fully saturated rings. The Hall–Kier alpha value is -0.210. The van der Waals surface area contributed by atoms with Crippen molar-refractivity contribution in [1.82, 2.24) is 4.90 Å². The molecule has 1 heterocycles. The number of carbonyl (C=O) groups excluding carboxylic acids is 1. The minimum absolute atomic E-state index is 0.0285. The van der Waals surface area contributed by atoms with Crippen LogP contribution in [0.4, 0.5) is 0 Å². The molecule has 124 valence electrons. The van der Waals surface area contributed by atoms with E-state index in [1.54, 1.807) is 0 Å². The number of hydrogen-bond acceptors (Lipinski definition) is 1. The zero-order valence-electron chi connectivity index (χ0n) is 14.2. The number of nitrogens with zero attached hydrogens (tertiary/aromatic N) is 1. The van der Waals surface area contributed by atoms with E-state index in [1.165, 1.54) is 6.42 Å². The van der Waals surface area contributed by atoms with Crippen molar-refractivity contribution in [2.45, 2.75) is 59.9 Å². The van der Waals surface area contributed by atoms with E-state index >= 15 is 0 Å². The van der Waals surface area contributed by atoms with Gasteiger partial charge < -0.3 is 4.90 Å². The Bertz CT molecular complexity index is 535. The van der Waals surface area contributed by atoms with E-state index in [2.05, 4.69) is 39.5 Å². The molecule has 0 unspecified atom stereocenters. The van der Waals surface area contributed by atoms with E-state index in [-0.39, 0.29) is 27.2 Å². The van der Waals surface area contributed by atoms with Crippen LogP contribution >= 0.6 is 23.2 Å².